The molecule has 3 heterocycles. The van der Waals surface area contributed by atoms with Crippen LogP contribution < -0.4 is 21.4 Å². The van der Waals surface area contributed by atoms with Gasteiger partial charge in [-0.2, -0.15) is 0 Å². The Morgan fingerprint density at radius 2 is 1.90 bits per heavy atom. The number of aromatic nitrogens is 4. The van der Waals surface area contributed by atoms with Gasteiger partial charge in [-0.15, -0.1) is 11.8 Å². The molecule has 4 rings (SSSR count). The molecule has 0 aliphatic carbocycles. The average molecular weight is 444 g/mol. The Kier molecular flexibility index (Phi) is 5.31. The van der Waals surface area contributed by atoms with E-state index in [9.17, 15) is 19.2 Å². The molecule has 1 saturated heterocycles. The fourth-order valence-corrected chi connectivity index (χ4v) is 4.51. The number of carbonyl (C=O) groups excluding carboxylic acids is 2. The molecule has 1 aliphatic heterocycles. The van der Waals surface area contributed by atoms with Gasteiger partial charge in [-0.05, 0) is 17.7 Å². The van der Waals surface area contributed by atoms with E-state index in [0.717, 1.165) is 10.1 Å². The lowest BCUT2D eigenvalue weighted by Gasteiger charge is -2.24. The van der Waals surface area contributed by atoms with E-state index in [1.807, 2.05) is 12.1 Å². The smallest absolute Gasteiger partial charge is 0.332 e. The van der Waals surface area contributed by atoms with Gasteiger partial charge in [0.1, 0.15) is 17.7 Å². The quantitative estimate of drug-likeness (QED) is 0.576. The van der Waals surface area contributed by atoms with E-state index in [1.54, 1.807) is 19.2 Å². The van der Waals surface area contributed by atoms with Crippen LogP contribution in [0, 0.1) is 0 Å². The van der Waals surface area contributed by atoms with Gasteiger partial charge in [-0.3, -0.25) is 28.9 Å². The van der Waals surface area contributed by atoms with Crippen LogP contribution in [0.1, 0.15) is 10.9 Å². The fourth-order valence-electron chi connectivity index (χ4n) is 3.40. The molecule has 3 aromatic rings. The molecule has 0 spiro atoms. The number of rotatable bonds is 5. The number of ether oxygens (including phenoxy) is 1. The second kappa shape index (κ2) is 7.95. The molecule has 1 aromatic carbocycles. The number of hydrogen-bond donors (Lipinski definition) is 1. The van der Waals surface area contributed by atoms with Crippen molar-refractivity contribution in [3.05, 3.63) is 57.0 Å². The van der Waals surface area contributed by atoms with Crippen LogP contribution in [0.4, 0.5) is 0 Å². The Morgan fingerprint density at radius 1 is 1.19 bits per heavy atom. The standard InChI is InChI=1S/C19H20N6O5S/c1-22-16-15(17(28)23(2)19(22)29)24(10-20-16)8-13(26)21-25-14(27)9-31-18(25)11-4-6-12(30-3)7-5-11/h4-7,10,18H,8-9H2,1-3H3,(H,21,26). The predicted octanol–water partition coefficient (Wildman–Crippen LogP) is -0.252. The Bertz CT molecular complexity index is 1290. The molecular weight excluding hydrogens is 424 g/mol. The number of carbonyl (C=O) groups is 2. The van der Waals surface area contributed by atoms with E-state index in [-0.39, 0.29) is 34.7 Å². The number of hydrazine groups is 1. The molecule has 1 aliphatic rings. The van der Waals surface area contributed by atoms with E-state index in [1.165, 1.54) is 46.3 Å². The van der Waals surface area contributed by atoms with E-state index >= 15 is 0 Å². The molecule has 11 nitrogen and oxygen atoms in total. The van der Waals surface area contributed by atoms with Crippen molar-refractivity contribution in [3.8, 4) is 5.75 Å². The van der Waals surface area contributed by atoms with Crippen molar-refractivity contribution in [1.29, 1.82) is 0 Å². The molecule has 1 N–H and O–H groups in total. The highest BCUT2D eigenvalue weighted by Crippen LogP contribution is 2.37. The Labute approximate surface area is 180 Å². The Hall–Kier alpha value is -3.54. The van der Waals surface area contributed by atoms with Crippen molar-refractivity contribution < 1.29 is 14.3 Å². The molecule has 0 radical (unpaired) electrons. The normalized spacial score (nSPS) is 16.2. The van der Waals surface area contributed by atoms with Crippen LogP contribution in [0.3, 0.4) is 0 Å². The van der Waals surface area contributed by atoms with Crippen molar-refractivity contribution in [1.82, 2.24) is 29.1 Å². The third kappa shape index (κ3) is 3.58. The maximum Gasteiger partial charge on any atom is 0.332 e. The maximum absolute atomic E-state index is 12.7. The number of nitrogens with zero attached hydrogens (tertiary/aromatic N) is 5. The van der Waals surface area contributed by atoms with Gasteiger partial charge < -0.3 is 9.30 Å². The number of thioether (sulfide) groups is 1. The van der Waals surface area contributed by atoms with Crippen LogP contribution >= 0.6 is 11.8 Å². The molecule has 1 fully saturated rings. The lowest BCUT2D eigenvalue weighted by Crippen LogP contribution is -2.46. The zero-order chi connectivity index (χ0) is 22.3. The van der Waals surface area contributed by atoms with Crippen LogP contribution in [0.25, 0.3) is 11.2 Å². The Morgan fingerprint density at radius 3 is 2.58 bits per heavy atom. The number of hydrogen-bond acceptors (Lipinski definition) is 7. The van der Waals surface area contributed by atoms with Gasteiger partial charge in [0.25, 0.3) is 17.4 Å². The van der Waals surface area contributed by atoms with Crippen molar-refractivity contribution >= 4 is 34.7 Å². The molecule has 2 amide bonds. The van der Waals surface area contributed by atoms with Crippen molar-refractivity contribution in [2.45, 2.75) is 11.9 Å². The first-order valence-corrected chi connectivity index (χ1v) is 10.3. The van der Waals surface area contributed by atoms with Gasteiger partial charge >= 0.3 is 5.69 Å². The van der Waals surface area contributed by atoms with Crippen LogP contribution in [-0.2, 0) is 30.2 Å². The van der Waals surface area contributed by atoms with Gasteiger partial charge in [0.15, 0.2) is 11.2 Å². The predicted molar refractivity (Wildman–Crippen MR) is 113 cm³/mol. The molecule has 1 atom stereocenters. The first kappa shape index (κ1) is 20.7. The second-order valence-corrected chi connectivity index (χ2v) is 8.05. The van der Waals surface area contributed by atoms with Crippen LogP contribution in [0.2, 0.25) is 0 Å². The van der Waals surface area contributed by atoms with Crippen LogP contribution in [0.5, 0.6) is 5.75 Å². The second-order valence-electron chi connectivity index (χ2n) is 6.99. The number of imidazole rings is 1. The van der Waals surface area contributed by atoms with E-state index < -0.39 is 17.2 Å². The summed E-state index contributed by atoms with van der Waals surface area (Å²) in [6, 6.07) is 7.25. The SMILES string of the molecule is COc1ccc(C2SCC(=O)N2NC(=O)Cn2cnc3c2c(=O)n(C)c(=O)n3C)cc1. The number of nitrogens with one attached hydrogen (secondary N) is 1. The average Bonchev–Trinajstić information content (AvgIpc) is 3.34. The number of benzene rings is 1. The number of aryl methyl sites for hydroxylation is 1. The number of fused-ring (bicyclic) bond motifs is 1. The summed E-state index contributed by atoms with van der Waals surface area (Å²) in [7, 11) is 4.43. The third-order valence-electron chi connectivity index (χ3n) is 5.05. The highest BCUT2D eigenvalue weighted by Gasteiger charge is 2.34. The van der Waals surface area contributed by atoms with Crippen molar-refractivity contribution in [3.63, 3.8) is 0 Å². The summed E-state index contributed by atoms with van der Waals surface area (Å²) in [5.41, 5.74) is 2.74. The fraction of sp³-hybridized carbons (Fsp3) is 0.316. The highest BCUT2D eigenvalue weighted by atomic mass is 32.2. The molecule has 31 heavy (non-hydrogen) atoms. The van der Waals surface area contributed by atoms with Gasteiger partial charge in [-0.25, -0.2) is 14.8 Å². The molecule has 0 bridgehead atoms. The van der Waals surface area contributed by atoms with Crippen molar-refractivity contribution in [2.24, 2.45) is 14.1 Å². The molecular formula is C19H20N6O5S. The minimum atomic E-state index is -0.549. The zero-order valence-corrected chi connectivity index (χ0v) is 17.9. The van der Waals surface area contributed by atoms with Crippen LogP contribution in [-0.4, -0.2) is 48.4 Å². The Balaban J connectivity index is 1.57. The monoisotopic (exact) mass is 444 g/mol. The summed E-state index contributed by atoms with van der Waals surface area (Å²) in [5, 5.41) is 0.914. The van der Waals surface area contributed by atoms with Gasteiger partial charge in [0.2, 0.25) is 0 Å². The number of methoxy groups -OCH3 is 1. The summed E-state index contributed by atoms with van der Waals surface area (Å²) in [4.78, 5) is 53.8. The van der Waals surface area contributed by atoms with E-state index in [0.29, 0.717) is 5.75 Å². The van der Waals surface area contributed by atoms with Gasteiger partial charge in [-0.1, -0.05) is 12.1 Å². The lowest BCUT2D eigenvalue weighted by atomic mass is 10.2. The topological polar surface area (TPSA) is 120 Å². The summed E-state index contributed by atoms with van der Waals surface area (Å²) in [5.74, 6) is 0.197. The van der Waals surface area contributed by atoms with Crippen LogP contribution in [0.15, 0.2) is 40.2 Å². The molecule has 162 valence electrons. The minimum absolute atomic E-state index is 0.133. The van der Waals surface area contributed by atoms with E-state index in [4.69, 9.17) is 4.74 Å². The lowest BCUT2D eigenvalue weighted by molar-refractivity contribution is -0.139. The maximum atomic E-state index is 12.7. The first-order valence-electron chi connectivity index (χ1n) is 9.29. The highest BCUT2D eigenvalue weighted by molar-refractivity contribution is 8.00. The van der Waals surface area contributed by atoms with Gasteiger partial charge in [0.05, 0.1) is 19.2 Å². The molecule has 12 heteroatoms. The van der Waals surface area contributed by atoms with Crippen molar-refractivity contribution in [2.75, 3.05) is 12.9 Å². The van der Waals surface area contributed by atoms with E-state index in [2.05, 4.69) is 10.4 Å². The molecule has 1 unspecified atom stereocenters. The molecule has 0 saturated carbocycles. The molecule has 2 aromatic heterocycles. The summed E-state index contributed by atoms with van der Waals surface area (Å²) in [6.07, 6.45) is 1.33. The van der Waals surface area contributed by atoms with Gasteiger partial charge in [0, 0.05) is 14.1 Å². The summed E-state index contributed by atoms with van der Waals surface area (Å²) in [6.45, 7) is -0.242. The minimum Gasteiger partial charge on any atom is -0.497 e. The largest absolute Gasteiger partial charge is 0.497 e. The third-order valence-corrected chi connectivity index (χ3v) is 6.26. The summed E-state index contributed by atoms with van der Waals surface area (Å²) >= 11 is 1.40. The summed E-state index contributed by atoms with van der Waals surface area (Å²) < 4.78 is 8.72. The first-order chi connectivity index (χ1) is 14.8. The number of amides is 2. The zero-order valence-electron chi connectivity index (χ0n) is 17.1.